The molecular weight excluding hydrogens is 180 g/mol. The van der Waals surface area contributed by atoms with Gasteiger partial charge in [-0.2, -0.15) is 0 Å². The number of benzene rings is 1. The average Bonchev–Trinajstić information content (AvgIpc) is 2.26. The molecule has 1 aromatic carbocycles. The molecule has 0 aliphatic heterocycles. The van der Waals surface area contributed by atoms with Gasteiger partial charge in [-0.3, -0.25) is 0 Å². The minimum atomic E-state index is 0.713. The number of hydrogen-bond donors (Lipinski definition) is 0. The zero-order valence-electron chi connectivity index (χ0n) is 10.1. The van der Waals surface area contributed by atoms with E-state index in [2.05, 4.69) is 45.0 Å². The Morgan fingerprint density at radius 3 is 2.47 bits per heavy atom. The summed E-state index contributed by atoms with van der Waals surface area (Å²) < 4.78 is 0. The van der Waals surface area contributed by atoms with Crippen LogP contribution in [-0.4, -0.2) is 0 Å². The van der Waals surface area contributed by atoms with Crippen LogP contribution in [0.15, 0.2) is 24.3 Å². The molecule has 0 aromatic heterocycles. The van der Waals surface area contributed by atoms with Crippen LogP contribution in [0.3, 0.4) is 0 Å². The molecule has 83 valence electrons. The first-order valence-electron chi connectivity index (χ1n) is 6.20. The second-order valence-corrected chi connectivity index (χ2v) is 4.30. The minimum Gasteiger partial charge on any atom is -0.0654 e. The molecule has 0 aliphatic rings. The molecule has 0 heteroatoms. The summed E-state index contributed by atoms with van der Waals surface area (Å²) >= 11 is 0. The van der Waals surface area contributed by atoms with Crippen LogP contribution in [0.2, 0.25) is 0 Å². The number of rotatable bonds is 6. The van der Waals surface area contributed by atoms with Crippen molar-refractivity contribution in [3.8, 4) is 0 Å². The molecule has 0 aliphatic carbocycles. The first-order chi connectivity index (χ1) is 7.29. The second kappa shape index (κ2) is 6.66. The summed E-state index contributed by atoms with van der Waals surface area (Å²) in [5.74, 6) is 0.713. The lowest BCUT2D eigenvalue weighted by Crippen LogP contribution is -1.99. The van der Waals surface area contributed by atoms with E-state index in [4.69, 9.17) is 0 Å². The molecule has 1 aromatic rings. The molecule has 1 atom stereocenters. The van der Waals surface area contributed by atoms with Gasteiger partial charge in [0.15, 0.2) is 0 Å². The maximum absolute atomic E-state index is 4.12. The van der Waals surface area contributed by atoms with Crippen molar-refractivity contribution in [2.45, 2.75) is 51.9 Å². The largest absolute Gasteiger partial charge is 0.0654 e. The molecule has 1 rings (SSSR count). The Morgan fingerprint density at radius 1 is 1.13 bits per heavy atom. The van der Waals surface area contributed by atoms with Gasteiger partial charge in [0.1, 0.15) is 0 Å². The lowest BCUT2D eigenvalue weighted by molar-refractivity contribution is 0.552. The van der Waals surface area contributed by atoms with E-state index in [-0.39, 0.29) is 0 Å². The summed E-state index contributed by atoms with van der Waals surface area (Å²) in [6.45, 7) is 8.66. The molecule has 0 saturated heterocycles. The summed E-state index contributed by atoms with van der Waals surface area (Å²) in [4.78, 5) is 0. The van der Waals surface area contributed by atoms with Crippen LogP contribution in [0.5, 0.6) is 0 Å². The van der Waals surface area contributed by atoms with Crippen molar-refractivity contribution in [1.29, 1.82) is 0 Å². The van der Waals surface area contributed by atoms with E-state index in [1.807, 2.05) is 0 Å². The van der Waals surface area contributed by atoms with Crippen molar-refractivity contribution in [2.75, 3.05) is 0 Å². The number of unbranched alkanes of at least 4 members (excludes halogenated alkanes) is 2. The van der Waals surface area contributed by atoms with Gasteiger partial charge in [0.2, 0.25) is 0 Å². The van der Waals surface area contributed by atoms with Crippen molar-refractivity contribution < 1.29 is 0 Å². The van der Waals surface area contributed by atoms with Gasteiger partial charge in [-0.15, -0.1) is 0 Å². The Bertz CT molecular complexity index is 275. The highest BCUT2D eigenvalue weighted by molar-refractivity contribution is 5.32. The lowest BCUT2D eigenvalue weighted by Gasteiger charge is -2.17. The summed E-state index contributed by atoms with van der Waals surface area (Å²) in [6.07, 6.45) is 6.56. The van der Waals surface area contributed by atoms with Gasteiger partial charge in [0.05, 0.1) is 0 Å². The highest BCUT2D eigenvalue weighted by Crippen LogP contribution is 2.27. The Hall–Kier alpha value is -0.780. The van der Waals surface area contributed by atoms with Crippen molar-refractivity contribution in [2.24, 2.45) is 0 Å². The zero-order chi connectivity index (χ0) is 11.1. The maximum Gasteiger partial charge on any atom is -0.0162 e. The van der Waals surface area contributed by atoms with Gasteiger partial charge < -0.3 is 0 Å². The molecular formula is C15H23. The van der Waals surface area contributed by atoms with Crippen LogP contribution in [0.25, 0.3) is 0 Å². The number of hydrogen-bond acceptors (Lipinski definition) is 0. The maximum atomic E-state index is 4.12. The predicted octanol–water partition coefficient (Wildman–Crippen LogP) is 4.94. The fraction of sp³-hybridized carbons (Fsp3) is 0.533. The van der Waals surface area contributed by atoms with Gasteiger partial charge in [0.25, 0.3) is 0 Å². The van der Waals surface area contributed by atoms with Gasteiger partial charge in [-0.05, 0) is 36.8 Å². The van der Waals surface area contributed by atoms with Crippen molar-refractivity contribution in [1.82, 2.24) is 0 Å². The van der Waals surface area contributed by atoms with Crippen LogP contribution in [0, 0.1) is 6.92 Å². The van der Waals surface area contributed by atoms with Crippen LogP contribution in [-0.2, 0) is 0 Å². The first kappa shape index (κ1) is 12.3. The second-order valence-electron chi connectivity index (χ2n) is 4.30. The Morgan fingerprint density at radius 2 is 1.87 bits per heavy atom. The van der Waals surface area contributed by atoms with Gasteiger partial charge >= 0.3 is 0 Å². The van der Waals surface area contributed by atoms with Crippen LogP contribution < -0.4 is 0 Å². The molecule has 15 heavy (non-hydrogen) atoms. The first-order valence-corrected chi connectivity index (χ1v) is 6.20. The predicted molar refractivity (Wildman–Crippen MR) is 68.1 cm³/mol. The monoisotopic (exact) mass is 203 g/mol. The van der Waals surface area contributed by atoms with E-state index in [1.54, 1.807) is 0 Å². The third-order valence-electron chi connectivity index (χ3n) is 3.14. The van der Waals surface area contributed by atoms with Crippen LogP contribution in [0.1, 0.15) is 63.0 Å². The molecule has 0 amide bonds. The van der Waals surface area contributed by atoms with Crippen molar-refractivity contribution in [3.05, 3.63) is 42.3 Å². The highest BCUT2D eigenvalue weighted by Gasteiger charge is 2.10. The highest BCUT2D eigenvalue weighted by atomic mass is 14.1. The Kier molecular flexibility index (Phi) is 5.45. The minimum absolute atomic E-state index is 0.713. The molecule has 0 N–H and O–H groups in total. The Labute approximate surface area is 94.7 Å². The fourth-order valence-corrected chi connectivity index (χ4v) is 2.15. The van der Waals surface area contributed by atoms with E-state index < -0.39 is 0 Å². The van der Waals surface area contributed by atoms with Gasteiger partial charge in [-0.1, -0.05) is 57.4 Å². The van der Waals surface area contributed by atoms with Crippen molar-refractivity contribution >= 4 is 0 Å². The molecule has 0 heterocycles. The molecule has 0 spiro atoms. The topological polar surface area (TPSA) is 0 Å². The zero-order valence-corrected chi connectivity index (χ0v) is 10.1. The third kappa shape index (κ3) is 3.70. The van der Waals surface area contributed by atoms with E-state index in [0.29, 0.717) is 5.92 Å². The van der Waals surface area contributed by atoms with E-state index in [0.717, 1.165) is 0 Å². The van der Waals surface area contributed by atoms with Gasteiger partial charge in [-0.25, -0.2) is 0 Å². The molecule has 1 unspecified atom stereocenters. The molecule has 0 bridgehead atoms. The van der Waals surface area contributed by atoms with Crippen LogP contribution in [0.4, 0.5) is 0 Å². The van der Waals surface area contributed by atoms with E-state index in [1.165, 1.54) is 43.2 Å². The standard InChI is InChI=1S/C15H23/c1-4-6-7-11-14(5-2)15-12-9-8-10-13(15)3/h8-10,12,14H,3-7,11H2,1-2H3. The summed E-state index contributed by atoms with van der Waals surface area (Å²) in [5, 5.41) is 0. The normalized spacial score (nSPS) is 12.7. The van der Waals surface area contributed by atoms with Crippen molar-refractivity contribution in [3.63, 3.8) is 0 Å². The Balaban J connectivity index is 2.61. The summed E-state index contributed by atoms with van der Waals surface area (Å²) in [5.41, 5.74) is 2.66. The molecule has 0 fully saturated rings. The quantitative estimate of drug-likeness (QED) is 0.574. The summed E-state index contributed by atoms with van der Waals surface area (Å²) in [7, 11) is 0. The third-order valence-corrected chi connectivity index (χ3v) is 3.14. The van der Waals surface area contributed by atoms with E-state index in [9.17, 15) is 0 Å². The summed E-state index contributed by atoms with van der Waals surface area (Å²) in [6, 6.07) is 8.57. The lowest BCUT2D eigenvalue weighted by atomic mass is 9.88. The molecule has 1 radical (unpaired) electrons. The smallest absolute Gasteiger partial charge is 0.0162 e. The average molecular weight is 203 g/mol. The molecule has 0 nitrogen and oxygen atoms in total. The van der Waals surface area contributed by atoms with Gasteiger partial charge in [0, 0.05) is 0 Å². The SMILES string of the molecule is [CH2]c1ccccc1C(CC)CCCCC. The fourth-order valence-electron chi connectivity index (χ4n) is 2.15. The molecule has 0 saturated carbocycles. The van der Waals surface area contributed by atoms with Crippen LogP contribution >= 0.6 is 0 Å². The van der Waals surface area contributed by atoms with E-state index >= 15 is 0 Å².